The van der Waals surface area contributed by atoms with Crippen LogP contribution in [0.1, 0.15) is 37.0 Å². The molecule has 0 aliphatic carbocycles. The van der Waals surface area contributed by atoms with Crippen LogP contribution >= 0.6 is 11.3 Å². The van der Waals surface area contributed by atoms with Gasteiger partial charge in [0, 0.05) is 29.3 Å². The number of fused-ring (bicyclic) bond motifs is 1. The van der Waals surface area contributed by atoms with E-state index < -0.39 is 0 Å². The van der Waals surface area contributed by atoms with E-state index in [4.69, 9.17) is 9.47 Å². The Kier molecular flexibility index (Phi) is 6.13. The van der Waals surface area contributed by atoms with Crippen LogP contribution in [0.4, 0.5) is 5.69 Å². The number of hydrogen-bond acceptors (Lipinski definition) is 7. The lowest BCUT2D eigenvalue weighted by Gasteiger charge is -2.11. The van der Waals surface area contributed by atoms with E-state index in [-0.39, 0.29) is 5.91 Å². The maximum Gasteiger partial charge on any atom is 0.255 e. The largest absolute Gasteiger partial charge is 0.494 e. The van der Waals surface area contributed by atoms with Crippen LogP contribution in [0.15, 0.2) is 42.5 Å². The van der Waals surface area contributed by atoms with E-state index in [1.54, 1.807) is 22.7 Å². The quantitative estimate of drug-likeness (QED) is 0.438. The van der Waals surface area contributed by atoms with Crippen molar-refractivity contribution in [1.82, 2.24) is 19.8 Å². The number of rotatable bonds is 8. The van der Waals surface area contributed by atoms with Crippen LogP contribution in [0.5, 0.6) is 11.5 Å². The second kappa shape index (κ2) is 9.13. The number of benzene rings is 2. The standard InChI is InChI=1S/C22H23N5O3S/c1-4-19-24-25-22-27(19)26-21(31-22)14-7-9-16(10-8-14)23-20(28)15-11-17(29-5-2)13-18(12-15)30-6-3/h7-13H,4-6H2,1-3H3,(H,23,28). The van der Waals surface area contributed by atoms with Gasteiger partial charge in [-0.2, -0.15) is 9.61 Å². The molecule has 2 aromatic heterocycles. The highest BCUT2D eigenvalue weighted by Crippen LogP contribution is 2.27. The molecule has 0 saturated heterocycles. The minimum atomic E-state index is -0.235. The lowest BCUT2D eigenvalue weighted by atomic mass is 10.1. The summed E-state index contributed by atoms with van der Waals surface area (Å²) in [6.45, 7) is 6.84. The molecule has 31 heavy (non-hydrogen) atoms. The molecule has 0 radical (unpaired) electrons. The smallest absolute Gasteiger partial charge is 0.255 e. The van der Waals surface area contributed by atoms with Gasteiger partial charge >= 0.3 is 0 Å². The Morgan fingerprint density at radius 1 is 1.00 bits per heavy atom. The van der Waals surface area contributed by atoms with E-state index >= 15 is 0 Å². The first kappa shape index (κ1) is 20.8. The minimum absolute atomic E-state index is 0.235. The number of aryl methyl sites for hydroxylation is 1. The number of anilines is 1. The zero-order valence-electron chi connectivity index (χ0n) is 17.6. The van der Waals surface area contributed by atoms with E-state index in [1.165, 1.54) is 11.3 Å². The first-order chi connectivity index (χ1) is 15.1. The van der Waals surface area contributed by atoms with Gasteiger partial charge in [0.1, 0.15) is 16.5 Å². The topological polar surface area (TPSA) is 90.6 Å². The van der Waals surface area contributed by atoms with Crippen molar-refractivity contribution in [2.45, 2.75) is 27.2 Å². The number of hydrogen-bond donors (Lipinski definition) is 1. The molecule has 8 nitrogen and oxygen atoms in total. The summed E-state index contributed by atoms with van der Waals surface area (Å²) in [5, 5.41) is 16.6. The molecule has 4 rings (SSSR count). The average molecular weight is 438 g/mol. The van der Waals surface area contributed by atoms with Crippen LogP contribution in [0.3, 0.4) is 0 Å². The molecular formula is C22H23N5O3S. The zero-order valence-corrected chi connectivity index (χ0v) is 18.4. The molecule has 0 aliphatic heterocycles. The maximum absolute atomic E-state index is 12.8. The van der Waals surface area contributed by atoms with E-state index in [2.05, 4.69) is 20.6 Å². The van der Waals surface area contributed by atoms with Gasteiger partial charge in [-0.1, -0.05) is 18.3 Å². The third-order valence-corrected chi connectivity index (χ3v) is 5.47. The first-order valence-electron chi connectivity index (χ1n) is 10.1. The average Bonchev–Trinajstić information content (AvgIpc) is 3.35. The Morgan fingerprint density at radius 2 is 1.68 bits per heavy atom. The van der Waals surface area contributed by atoms with Crippen molar-refractivity contribution < 1.29 is 14.3 Å². The molecule has 0 atom stereocenters. The number of nitrogens with one attached hydrogen (secondary N) is 1. The fourth-order valence-electron chi connectivity index (χ4n) is 3.10. The van der Waals surface area contributed by atoms with Gasteiger partial charge in [0.25, 0.3) is 5.91 Å². The Morgan fingerprint density at radius 3 is 2.29 bits per heavy atom. The molecule has 9 heteroatoms. The molecule has 1 N–H and O–H groups in total. The Hall–Kier alpha value is -3.46. The third-order valence-electron chi connectivity index (χ3n) is 4.53. The van der Waals surface area contributed by atoms with E-state index in [9.17, 15) is 4.79 Å². The van der Waals surface area contributed by atoms with Crippen molar-refractivity contribution in [2.24, 2.45) is 0 Å². The van der Waals surface area contributed by atoms with Crippen LogP contribution in [-0.2, 0) is 6.42 Å². The highest BCUT2D eigenvalue weighted by Gasteiger charge is 2.13. The third kappa shape index (κ3) is 4.51. The predicted octanol–water partition coefficient (Wildman–Crippen LogP) is 4.46. The van der Waals surface area contributed by atoms with E-state index in [1.807, 2.05) is 45.0 Å². The van der Waals surface area contributed by atoms with Gasteiger partial charge in [-0.3, -0.25) is 4.79 Å². The summed E-state index contributed by atoms with van der Waals surface area (Å²) in [4.78, 5) is 13.6. The summed E-state index contributed by atoms with van der Waals surface area (Å²) in [6.07, 6.45) is 0.769. The van der Waals surface area contributed by atoms with Gasteiger partial charge < -0.3 is 14.8 Å². The number of aromatic nitrogens is 4. The van der Waals surface area contributed by atoms with Crippen molar-refractivity contribution in [3.05, 3.63) is 53.9 Å². The van der Waals surface area contributed by atoms with E-state index in [0.29, 0.717) is 36.0 Å². The molecule has 0 fully saturated rings. The second-order valence-electron chi connectivity index (χ2n) is 6.66. The van der Waals surface area contributed by atoms with Crippen molar-refractivity contribution in [2.75, 3.05) is 18.5 Å². The Bertz CT molecular complexity index is 1180. The first-order valence-corrected chi connectivity index (χ1v) is 11.0. The molecule has 4 aromatic rings. The highest BCUT2D eigenvalue weighted by molar-refractivity contribution is 7.19. The fraction of sp³-hybridized carbons (Fsp3) is 0.273. The molecule has 0 bridgehead atoms. The summed E-state index contributed by atoms with van der Waals surface area (Å²) in [6, 6.07) is 12.8. The lowest BCUT2D eigenvalue weighted by Crippen LogP contribution is -2.12. The summed E-state index contributed by atoms with van der Waals surface area (Å²) in [5.74, 6) is 1.80. The fourth-order valence-corrected chi connectivity index (χ4v) is 3.96. The molecule has 1 amide bonds. The summed E-state index contributed by atoms with van der Waals surface area (Å²) in [7, 11) is 0. The molecule has 0 aliphatic rings. The number of ether oxygens (including phenoxy) is 2. The van der Waals surface area contributed by atoms with Gasteiger partial charge in [0.05, 0.1) is 13.2 Å². The van der Waals surface area contributed by atoms with Crippen LogP contribution in [0.25, 0.3) is 15.5 Å². The number of amides is 1. The summed E-state index contributed by atoms with van der Waals surface area (Å²) < 4.78 is 12.9. The van der Waals surface area contributed by atoms with Gasteiger partial charge in [-0.05, 0) is 50.2 Å². The molecule has 2 heterocycles. The lowest BCUT2D eigenvalue weighted by molar-refractivity contribution is 0.102. The summed E-state index contributed by atoms with van der Waals surface area (Å²) >= 11 is 1.48. The second-order valence-corrected chi connectivity index (χ2v) is 7.62. The van der Waals surface area contributed by atoms with Crippen molar-refractivity contribution in [3.63, 3.8) is 0 Å². The van der Waals surface area contributed by atoms with Crippen molar-refractivity contribution in [3.8, 4) is 22.1 Å². The summed E-state index contributed by atoms with van der Waals surface area (Å²) in [5.41, 5.74) is 2.11. The van der Waals surface area contributed by atoms with Crippen LogP contribution in [0, 0.1) is 0 Å². The molecular weight excluding hydrogens is 414 g/mol. The van der Waals surface area contributed by atoms with Crippen molar-refractivity contribution >= 4 is 27.9 Å². The molecule has 0 saturated carbocycles. The van der Waals surface area contributed by atoms with Crippen LogP contribution < -0.4 is 14.8 Å². The number of carbonyl (C=O) groups is 1. The van der Waals surface area contributed by atoms with Crippen LogP contribution in [0.2, 0.25) is 0 Å². The molecule has 0 spiro atoms. The van der Waals surface area contributed by atoms with Crippen molar-refractivity contribution in [1.29, 1.82) is 0 Å². The van der Waals surface area contributed by atoms with Crippen LogP contribution in [-0.4, -0.2) is 38.9 Å². The minimum Gasteiger partial charge on any atom is -0.494 e. The number of carbonyl (C=O) groups excluding carboxylic acids is 1. The Labute approximate surface area is 183 Å². The normalized spacial score (nSPS) is 10.9. The van der Waals surface area contributed by atoms with Gasteiger partial charge in [0.15, 0.2) is 5.82 Å². The molecule has 160 valence electrons. The van der Waals surface area contributed by atoms with Gasteiger partial charge in [-0.25, -0.2) is 0 Å². The zero-order chi connectivity index (χ0) is 21.8. The SMILES string of the molecule is CCOc1cc(OCC)cc(C(=O)Nc2ccc(-c3nn4c(CC)nnc4s3)cc2)c1. The van der Waals surface area contributed by atoms with E-state index in [0.717, 1.165) is 27.8 Å². The number of nitrogens with zero attached hydrogens (tertiary/aromatic N) is 4. The maximum atomic E-state index is 12.8. The predicted molar refractivity (Wildman–Crippen MR) is 120 cm³/mol. The monoisotopic (exact) mass is 437 g/mol. The highest BCUT2D eigenvalue weighted by atomic mass is 32.1. The van der Waals surface area contributed by atoms with Gasteiger partial charge in [-0.15, -0.1) is 10.2 Å². The molecule has 0 unspecified atom stereocenters. The Balaban J connectivity index is 1.51. The van der Waals surface area contributed by atoms with Gasteiger partial charge in [0.2, 0.25) is 4.96 Å². The molecule has 2 aromatic carbocycles.